The monoisotopic (exact) mass is 492 g/mol. The average Bonchev–Trinajstić information content (AvgIpc) is 3.40. The van der Waals surface area contributed by atoms with Gasteiger partial charge in [-0.05, 0) is 66.2 Å². The molecule has 9 heteroatoms. The highest BCUT2D eigenvalue weighted by Crippen LogP contribution is 2.47. The van der Waals surface area contributed by atoms with Crippen molar-refractivity contribution in [2.45, 2.75) is 12.1 Å². The van der Waals surface area contributed by atoms with Gasteiger partial charge in [-0.1, -0.05) is 23.7 Å². The summed E-state index contributed by atoms with van der Waals surface area (Å²) < 4.78 is 9.99. The highest BCUT2D eigenvalue weighted by Gasteiger charge is 2.60. The summed E-state index contributed by atoms with van der Waals surface area (Å²) in [6.07, 6.45) is -1.01. The molecule has 0 radical (unpaired) electrons. The maximum Gasteiger partial charge on any atom is 0.337 e. The van der Waals surface area contributed by atoms with E-state index in [1.165, 1.54) is 19.2 Å². The zero-order valence-electron chi connectivity index (χ0n) is 18.9. The van der Waals surface area contributed by atoms with E-state index in [4.69, 9.17) is 25.9 Å². The number of carbonyl (C=O) groups excluding carboxylic acids is 3. The Labute approximate surface area is 206 Å². The van der Waals surface area contributed by atoms with Crippen LogP contribution in [-0.2, 0) is 19.2 Å². The van der Waals surface area contributed by atoms with Crippen molar-refractivity contribution in [1.82, 2.24) is 0 Å². The number of imide groups is 1. The molecule has 35 heavy (non-hydrogen) atoms. The third kappa shape index (κ3) is 3.90. The van der Waals surface area contributed by atoms with E-state index in [0.29, 0.717) is 27.7 Å². The third-order valence-corrected chi connectivity index (χ3v) is 6.45. The zero-order chi connectivity index (χ0) is 24.7. The van der Waals surface area contributed by atoms with Crippen LogP contribution in [0.1, 0.15) is 22.0 Å². The van der Waals surface area contributed by atoms with E-state index in [9.17, 15) is 14.4 Å². The lowest BCUT2D eigenvalue weighted by Crippen LogP contribution is -2.37. The Bertz CT molecular complexity index is 1280. The number of carbonyl (C=O) groups is 3. The Balaban J connectivity index is 1.52. The van der Waals surface area contributed by atoms with Crippen molar-refractivity contribution in [1.29, 1.82) is 0 Å². The molecule has 0 aromatic heterocycles. The first-order chi connectivity index (χ1) is 16.9. The quantitative estimate of drug-likeness (QED) is 0.390. The van der Waals surface area contributed by atoms with Crippen LogP contribution in [0.3, 0.4) is 0 Å². The second-order valence-electron chi connectivity index (χ2n) is 8.12. The van der Waals surface area contributed by atoms with Crippen LogP contribution in [0.15, 0.2) is 72.8 Å². The molecule has 2 saturated heterocycles. The topological polar surface area (TPSA) is 85.4 Å². The molecular weight excluding hydrogens is 472 g/mol. The van der Waals surface area contributed by atoms with Gasteiger partial charge in [-0.15, -0.1) is 0 Å². The third-order valence-electron chi connectivity index (χ3n) is 6.20. The molecule has 3 aromatic rings. The minimum Gasteiger partial charge on any atom is -0.497 e. The van der Waals surface area contributed by atoms with E-state index in [1.807, 2.05) is 12.1 Å². The van der Waals surface area contributed by atoms with Crippen LogP contribution in [0.5, 0.6) is 5.75 Å². The average molecular weight is 493 g/mol. The number of fused-ring (bicyclic) bond motifs is 1. The number of hydroxylamine groups is 1. The number of esters is 1. The van der Waals surface area contributed by atoms with Crippen LogP contribution in [-0.4, -0.2) is 38.1 Å². The van der Waals surface area contributed by atoms with Gasteiger partial charge < -0.3 is 9.47 Å². The van der Waals surface area contributed by atoms with Gasteiger partial charge in [-0.3, -0.25) is 14.4 Å². The fourth-order valence-corrected chi connectivity index (χ4v) is 4.61. The Morgan fingerprint density at radius 2 is 1.49 bits per heavy atom. The van der Waals surface area contributed by atoms with Crippen molar-refractivity contribution < 1.29 is 28.7 Å². The number of benzene rings is 3. The van der Waals surface area contributed by atoms with Gasteiger partial charge in [0.05, 0.1) is 37.2 Å². The summed E-state index contributed by atoms with van der Waals surface area (Å²) in [5, 5.41) is 2.16. The van der Waals surface area contributed by atoms with Crippen molar-refractivity contribution in [2.24, 2.45) is 5.92 Å². The lowest BCUT2D eigenvalue weighted by molar-refractivity contribution is -0.126. The first kappa shape index (κ1) is 22.9. The standard InChI is InChI=1S/C26H21ClN2O6/c1-33-20-13-5-15(6-14-20)22-21-23(35-29(22)19-11-7-17(27)8-12-19)25(31)28(24(21)30)18-9-3-16(4-10-18)26(32)34-2/h3-14,21-23H,1-2H3/t21-,22-,23+/m1/s1. The second-order valence-corrected chi connectivity index (χ2v) is 8.56. The van der Waals surface area contributed by atoms with Crippen molar-refractivity contribution >= 4 is 40.8 Å². The molecule has 8 nitrogen and oxygen atoms in total. The van der Waals surface area contributed by atoms with Crippen LogP contribution in [0.2, 0.25) is 5.02 Å². The van der Waals surface area contributed by atoms with Crippen molar-refractivity contribution in [3.63, 3.8) is 0 Å². The molecule has 0 bridgehead atoms. The Morgan fingerprint density at radius 3 is 2.09 bits per heavy atom. The molecule has 0 unspecified atom stereocenters. The first-order valence-electron chi connectivity index (χ1n) is 10.8. The van der Waals surface area contributed by atoms with E-state index in [2.05, 4.69) is 0 Å². The smallest absolute Gasteiger partial charge is 0.337 e. The fraction of sp³-hybridized carbons (Fsp3) is 0.192. The summed E-state index contributed by atoms with van der Waals surface area (Å²) >= 11 is 6.06. The second kappa shape index (κ2) is 9.05. The molecule has 178 valence electrons. The highest BCUT2D eigenvalue weighted by molar-refractivity contribution is 6.30. The fourth-order valence-electron chi connectivity index (χ4n) is 4.49. The van der Waals surface area contributed by atoms with E-state index in [-0.39, 0.29) is 5.91 Å². The maximum atomic E-state index is 13.7. The number of amides is 2. The van der Waals surface area contributed by atoms with Crippen LogP contribution < -0.4 is 14.7 Å². The van der Waals surface area contributed by atoms with E-state index >= 15 is 0 Å². The van der Waals surface area contributed by atoms with Crippen molar-refractivity contribution in [2.75, 3.05) is 24.2 Å². The number of hydrogen-bond acceptors (Lipinski definition) is 7. The van der Waals surface area contributed by atoms with Crippen LogP contribution >= 0.6 is 11.6 Å². The molecular formula is C26H21ClN2O6. The lowest BCUT2D eigenvalue weighted by Gasteiger charge is -2.29. The summed E-state index contributed by atoms with van der Waals surface area (Å²) in [6, 6.07) is 19.8. The van der Waals surface area contributed by atoms with E-state index in [1.54, 1.807) is 60.7 Å². The molecule has 2 aliphatic rings. The summed E-state index contributed by atoms with van der Waals surface area (Å²) in [7, 11) is 2.86. The number of rotatable bonds is 5. The van der Waals surface area contributed by atoms with Crippen LogP contribution in [0, 0.1) is 5.92 Å². The molecule has 5 rings (SSSR count). The number of halogens is 1. The summed E-state index contributed by atoms with van der Waals surface area (Å²) in [5.41, 5.74) is 2.13. The van der Waals surface area contributed by atoms with Gasteiger partial charge in [0.1, 0.15) is 11.7 Å². The van der Waals surface area contributed by atoms with Crippen molar-refractivity contribution in [3.05, 3.63) is 88.9 Å². The summed E-state index contributed by atoms with van der Waals surface area (Å²) in [5.74, 6) is -1.48. The largest absolute Gasteiger partial charge is 0.497 e. The van der Waals surface area contributed by atoms with Gasteiger partial charge in [0.15, 0.2) is 6.10 Å². The van der Waals surface area contributed by atoms with Gasteiger partial charge in [-0.2, -0.15) is 0 Å². The Kier molecular flexibility index (Phi) is 5.92. The number of methoxy groups -OCH3 is 2. The van der Waals surface area contributed by atoms with Crippen LogP contribution in [0.4, 0.5) is 11.4 Å². The molecule has 0 aliphatic carbocycles. The van der Waals surface area contributed by atoms with Gasteiger partial charge in [0.25, 0.3) is 5.91 Å². The van der Waals surface area contributed by atoms with Gasteiger partial charge >= 0.3 is 5.97 Å². The number of anilines is 2. The predicted octanol–water partition coefficient (Wildman–Crippen LogP) is 4.19. The molecule has 3 atom stereocenters. The summed E-state index contributed by atoms with van der Waals surface area (Å²) in [4.78, 5) is 46.1. The maximum absolute atomic E-state index is 13.7. The molecule has 3 aromatic carbocycles. The highest BCUT2D eigenvalue weighted by atomic mass is 35.5. The van der Waals surface area contributed by atoms with Gasteiger partial charge in [0, 0.05) is 5.02 Å². The molecule has 0 N–H and O–H groups in total. The molecule has 2 heterocycles. The zero-order valence-corrected chi connectivity index (χ0v) is 19.6. The number of nitrogens with zero attached hydrogens (tertiary/aromatic N) is 2. The van der Waals surface area contributed by atoms with Crippen molar-refractivity contribution in [3.8, 4) is 5.75 Å². The molecule has 0 spiro atoms. The molecule has 0 saturated carbocycles. The van der Waals surface area contributed by atoms with Gasteiger partial charge in [-0.25, -0.2) is 14.8 Å². The normalized spacial score (nSPS) is 21.3. The molecule has 2 amide bonds. The Morgan fingerprint density at radius 1 is 0.857 bits per heavy atom. The number of ether oxygens (including phenoxy) is 2. The first-order valence-corrected chi connectivity index (χ1v) is 11.2. The molecule has 2 fully saturated rings. The lowest BCUT2D eigenvalue weighted by atomic mass is 9.90. The van der Waals surface area contributed by atoms with E-state index < -0.39 is 29.9 Å². The number of hydrogen-bond donors (Lipinski definition) is 0. The molecule has 2 aliphatic heterocycles. The SMILES string of the molecule is COC(=O)c1ccc(N2C(=O)[C@H]3[C@H](ON(c4ccc(Cl)cc4)[C@@H]3c3ccc(OC)cc3)C2=O)cc1. The Hall–Kier alpha value is -3.88. The predicted molar refractivity (Wildman–Crippen MR) is 128 cm³/mol. The van der Waals surface area contributed by atoms with Crippen LogP contribution in [0.25, 0.3) is 0 Å². The van der Waals surface area contributed by atoms with E-state index in [0.717, 1.165) is 10.5 Å². The summed E-state index contributed by atoms with van der Waals surface area (Å²) in [6.45, 7) is 0. The minimum absolute atomic E-state index is 0.316. The van der Waals surface area contributed by atoms with Gasteiger partial charge in [0.2, 0.25) is 5.91 Å². The minimum atomic E-state index is -1.01.